The van der Waals surface area contributed by atoms with Gasteiger partial charge in [0.25, 0.3) is 0 Å². The average molecular weight is 484 g/mol. The zero-order valence-corrected chi connectivity index (χ0v) is 22.3. The molecule has 3 aliphatic rings. The average Bonchev–Trinajstić information content (AvgIpc) is 2.84. The van der Waals surface area contributed by atoms with Crippen LogP contribution in [-0.2, 0) is 9.53 Å². The molecule has 0 aromatic heterocycles. The van der Waals surface area contributed by atoms with Crippen molar-refractivity contribution in [3.05, 3.63) is 35.4 Å². The van der Waals surface area contributed by atoms with Crippen molar-refractivity contribution < 1.29 is 14.3 Å². The molecule has 2 atom stereocenters. The third-order valence-electron chi connectivity index (χ3n) is 8.14. The Morgan fingerprint density at radius 3 is 2.11 bits per heavy atom. The number of nitrogens with zero attached hydrogens (tertiary/aromatic N) is 3. The van der Waals surface area contributed by atoms with Crippen LogP contribution in [0.5, 0.6) is 0 Å². The summed E-state index contributed by atoms with van der Waals surface area (Å²) < 4.78 is 5.56. The van der Waals surface area contributed by atoms with Gasteiger partial charge < -0.3 is 14.5 Å². The third-order valence-corrected chi connectivity index (χ3v) is 8.14. The summed E-state index contributed by atoms with van der Waals surface area (Å²) in [5.41, 5.74) is 2.26. The first kappa shape index (κ1) is 26.0. The Balaban J connectivity index is 1.26. The van der Waals surface area contributed by atoms with Crippen molar-refractivity contribution in [1.82, 2.24) is 14.7 Å². The predicted molar refractivity (Wildman–Crippen MR) is 139 cm³/mol. The molecule has 3 fully saturated rings. The number of amides is 2. The smallest absolute Gasteiger partial charge is 0.410 e. The van der Waals surface area contributed by atoms with Crippen LogP contribution in [0.2, 0.25) is 0 Å². The zero-order valence-electron chi connectivity index (χ0n) is 22.3. The molecule has 1 unspecified atom stereocenters. The highest BCUT2D eigenvalue weighted by molar-refractivity contribution is 5.76. The molecule has 35 heavy (non-hydrogen) atoms. The number of piperidine rings is 1. The minimum Gasteiger partial charge on any atom is -0.444 e. The van der Waals surface area contributed by atoms with Gasteiger partial charge in [-0.15, -0.1) is 0 Å². The maximum atomic E-state index is 13.3. The number of likely N-dealkylation sites (tertiary alicyclic amines) is 1. The fourth-order valence-corrected chi connectivity index (χ4v) is 6.12. The van der Waals surface area contributed by atoms with Crippen molar-refractivity contribution in [3.8, 4) is 0 Å². The SMILES string of the molecule is Cc1ccc(C2CCN(C(=O)C[C@H]3CCCCC3N3CCN(C(=O)OC(C)(C)C)CC3)CC2)cc1. The summed E-state index contributed by atoms with van der Waals surface area (Å²) in [5.74, 6) is 1.35. The molecule has 2 aliphatic heterocycles. The lowest BCUT2D eigenvalue weighted by atomic mass is 9.80. The van der Waals surface area contributed by atoms with E-state index < -0.39 is 5.60 Å². The van der Waals surface area contributed by atoms with E-state index in [-0.39, 0.29) is 6.09 Å². The van der Waals surface area contributed by atoms with Crippen molar-refractivity contribution in [2.24, 2.45) is 5.92 Å². The highest BCUT2D eigenvalue weighted by Crippen LogP contribution is 2.34. The topological polar surface area (TPSA) is 53.1 Å². The summed E-state index contributed by atoms with van der Waals surface area (Å²) in [4.78, 5) is 32.2. The number of carbonyl (C=O) groups excluding carboxylic acids is 2. The van der Waals surface area contributed by atoms with Crippen LogP contribution in [-0.4, -0.2) is 77.6 Å². The Hall–Kier alpha value is -2.08. The fraction of sp³-hybridized carbons (Fsp3) is 0.724. The first-order chi connectivity index (χ1) is 16.7. The van der Waals surface area contributed by atoms with E-state index in [1.54, 1.807) is 0 Å². The first-order valence-corrected chi connectivity index (χ1v) is 13.8. The van der Waals surface area contributed by atoms with E-state index in [1.807, 2.05) is 25.7 Å². The monoisotopic (exact) mass is 483 g/mol. The number of rotatable bonds is 4. The van der Waals surface area contributed by atoms with E-state index in [0.29, 0.717) is 43.3 Å². The summed E-state index contributed by atoms with van der Waals surface area (Å²) in [7, 11) is 0. The molecule has 1 aromatic carbocycles. The lowest BCUT2D eigenvalue weighted by molar-refractivity contribution is -0.134. The van der Waals surface area contributed by atoms with Gasteiger partial charge in [0.15, 0.2) is 0 Å². The Morgan fingerprint density at radius 1 is 0.857 bits per heavy atom. The van der Waals surface area contributed by atoms with Crippen LogP contribution in [0.1, 0.15) is 82.8 Å². The molecule has 0 radical (unpaired) electrons. The van der Waals surface area contributed by atoms with Crippen molar-refractivity contribution in [3.63, 3.8) is 0 Å². The molecular weight excluding hydrogens is 438 g/mol. The number of aryl methyl sites for hydroxylation is 1. The van der Waals surface area contributed by atoms with Crippen LogP contribution < -0.4 is 0 Å². The number of hydrogen-bond acceptors (Lipinski definition) is 4. The Labute approximate surface area is 212 Å². The third kappa shape index (κ3) is 6.99. The van der Waals surface area contributed by atoms with Crippen molar-refractivity contribution in [2.75, 3.05) is 39.3 Å². The molecule has 2 amide bonds. The van der Waals surface area contributed by atoms with E-state index in [1.165, 1.54) is 30.4 Å². The summed E-state index contributed by atoms with van der Waals surface area (Å²) in [6, 6.07) is 9.37. The van der Waals surface area contributed by atoms with Crippen LogP contribution in [0, 0.1) is 12.8 Å². The molecule has 0 bridgehead atoms. The molecule has 6 heteroatoms. The Bertz CT molecular complexity index is 847. The van der Waals surface area contributed by atoms with Crippen LogP contribution in [0.4, 0.5) is 4.79 Å². The van der Waals surface area contributed by atoms with Gasteiger partial charge >= 0.3 is 6.09 Å². The quantitative estimate of drug-likeness (QED) is 0.590. The van der Waals surface area contributed by atoms with Gasteiger partial charge in [-0.2, -0.15) is 0 Å². The van der Waals surface area contributed by atoms with Gasteiger partial charge in [-0.1, -0.05) is 42.7 Å². The van der Waals surface area contributed by atoms with Crippen LogP contribution in [0.15, 0.2) is 24.3 Å². The second kappa shape index (κ2) is 11.3. The van der Waals surface area contributed by atoms with Gasteiger partial charge in [-0.3, -0.25) is 9.69 Å². The highest BCUT2D eigenvalue weighted by atomic mass is 16.6. The number of benzene rings is 1. The molecule has 4 rings (SSSR count). The van der Waals surface area contributed by atoms with Crippen molar-refractivity contribution >= 4 is 12.0 Å². The van der Waals surface area contributed by atoms with E-state index in [9.17, 15) is 9.59 Å². The molecule has 194 valence electrons. The Morgan fingerprint density at radius 2 is 1.49 bits per heavy atom. The van der Waals surface area contributed by atoms with E-state index in [4.69, 9.17) is 4.74 Å². The Kier molecular flexibility index (Phi) is 8.41. The molecule has 1 aliphatic carbocycles. The zero-order chi connectivity index (χ0) is 25.0. The van der Waals surface area contributed by atoms with Crippen LogP contribution >= 0.6 is 0 Å². The number of piperazine rings is 1. The van der Waals surface area contributed by atoms with E-state index >= 15 is 0 Å². The van der Waals surface area contributed by atoms with Gasteiger partial charge in [-0.05, 0) is 70.8 Å². The van der Waals surface area contributed by atoms with Gasteiger partial charge in [0, 0.05) is 51.7 Å². The maximum Gasteiger partial charge on any atom is 0.410 e. The maximum absolute atomic E-state index is 13.3. The summed E-state index contributed by atoms with van der Waals surface area (Å²) in [5, 5.41) is 0. The van der Waals surface area contributed by atoms with Crippen molar-refractivity contribution in [1.29, 1.82) is 0 Å². The number of carbonyl (C=O) groups is 2. The van der Waals surface area contributed by atoms with Gasteiger partial charge in [0.05, 0.1) is 0 Å². The van der Waals surface area contributed by atoms with Gasteiger partial charge in [-0.25, -0.2) is 4.79 Å². The summed E-state index contributed by atoms with van der Waals surface area (Å²) in [6.07, 6.45) is 7.37. The molecule has 1 aromatic rings. The standard InChI is InChI=1S/C29H45N3O3/c1-22-9-11-23(12-10-22)24-13-15-31(16-14-24)27(33)21-25-7-5-6-8-26(25)30-17-19-32(20-18-30)28(34)35-29(2,3)4/h9-12,24-26H,5-8,13-21H2,1-4H3/t25-,26?/m1/s1. The minimum absolute atomic E-state index is 0.207. The largest absolute Gasteiger partial charge is 0.444 e. The second-order valence-corrected chi connectivity index (χ2v) is 11.9. The fourth-order valence-electron chi connectivity index (χ4n) is 6.12. The van der Waals surface area contributed by atoms with E-state index in [0.717, 1.165) is 45.4 Å². The number of ether oxygens (including phenoxy) is 1. The normalized spacial score (nSPS) is 24.9. The van der Waals surface area contributed by atoms with Crippen molar-refractivity contribution in [2.45, 2.75) is 90.2 Å². The molecule has 1 saturated carbocycles. The predicted octanol–water partition coefficient (Wildman–Crippen LogP) is 5.20. The summed E-state index contributed by atoms with van der Waals surface area (Å²) in [6.45, 7) is 12.8. The van der Waals surface area contributed by atoms with Gasteiger partial charge in [0.1, 0.15) is 5.60 Å². The lowest BCUT2D eigenvalue weighted by Crippen LogP contribution is -2.55. The van der Waals surface area contributed by atoms with Crippen LogP contribution in [0.25, 0.3) is 0 Å². The van der Waals surface area contributed by atoms with E-state index in [2.05, 4.69) is 41.0 Å². The molecule has 0 spiro atoms. The summed E-state index contributed by atoms with van der Waals surface area (Å²) >= 11 is 0. The van der Waals surface area contributed by atoms with Crippen LogP contribution in [0.3, 0.4) is 0 Å². The van der Waals surface area contributed by atoms with Gasteiger partial charge in [0.2, 0.25) is 5.91 Å². The molecule has 2 saturated heterocycles. The molecular formula is C29H45N3O3. The minimum atomic E-state index is -0.461. The molecule has 2 heterocycles. The highest BCUT2D eigenvalue weighted by Gasteiger charge is 2.36. The first-order valence-electron chi connectivity index (χ1n) is 13.8. The molecule has 0 N–H and O–H groups in total. The number of hydrogen-bond donors (Lipinski definition) is 0. The second-order valence-electron chi connectivity index (χ2n) is 11.9. The lowest BCUT2D eigenvalue weighted by Gasteiger charge is -2.44. The molecule has 6 nitrogen and oxygen atoms in total.